The van der Waals surface area contributed by atoms with Crippen molar-refractivity contribution in [2.75, 3.05) is 0 Å². The number of nitrogens with one attached hydrogen (secondary N) is 1. The molecule has 0 aliphatic rings. The Morgan fingerprint density at radius 1 is 1.28 bits per heavy atom. The first-order valence-corrected chi connectivity index (χ1v) is 5.97. The number of hydrogen-bond acceptors (Lipinski definition) is 4. The molecule has 0 aliphatic carbocycles. The van der Waals surface area contributed by atoms with Crippen molar-refractivity contribution in [2.45, 2.75) is 0 Å². The lowest BCUT2D eigenvalue weighted by atomic mass is 10.2. The van der Waals surface area contributed by atoms with Crippen LogP contribution in [0.2, 0.25) is 0 Å². The summed E-state index contributed by atoms with van der Waals surface area (Å²) >= 11 is 1.51. The van der Waals surface area contributed by atoms with Gasteiger partial charge in [0.15, 0.2) is 5.69 Å². The summed E-state index contributed by atoms with van der Waals surface area (Å²) in [5.41, 5.74) is 0.651. The third-order valence-corrected chi connectivity index (χ3v) is 3.71. The van der Waals surface area contributed by atoms with E-state index in [9.17, 15) is 9.90 Å². The van der Waals surface area contributed by atoms with Crippen molar-refractivity contribution in [1.29, 1.82) is 0 Å². The number of H-pyrrole nitrogens is 1. The highest BCUT2D eigenvalue weighted by Crippen LogP contribution is 2.34. The van der Waals surface area contributed by atoms with Gasteiger partial charge in [-0.05, 0) is 35.7 Å². The molecule has 0 amide bonds. The molecule has 3 aromatic rings. The van der Waals surface area contributed by atoms with Crippen molar-refractivity contribution in [2.24, 2.45) is 0 Å². The van der Waals surface area contributed by atoms with Gasteiger partial charge in [-0.25, -0.2) is 4.79 Å². The molecule has 0 saturated carbocycles. The van der Waals surface area contributed by atoms with Crippen LogP contribution in [0.3, 0.4) is 0 Å². The Morgan fingerprint density at radius 2 is 2.11 bits per heavy atom. The monoisotopic (exact) mass is 260 g/mol. The number of aromatic nitrogens is 2. The molecule has 0 spiro atoms. The van der Waals surface area contributed by atoms with Crippen molar-refractivity contribution in [3.8, 4) is 16.3 Å². The Balaban J connectivity index is 2.10. The van der Waals surface area contributed by atoms with Crippen molar-refractivity contribution < 1.29 is 15.0 Å². The van der Waals surface area contributed by atoms with Gasteiger partial charge in [0.05, 0.1) is 10.6 Å². The van der Waals surface area contributed by atoms with Gasteiger partial charge in [0.1, 0.15) is 5.75 Å². The zero-order valence-corrected chi connectivity index (χ0v) is 9.86. The smallest absolute Gasteiger partial charge is 0.356 e. The largest absolute Gasteiger partial charge is 0.508 e. The normalized spacial score (nSPS) is 10.9. The summed E-state index contributed by atoms with van der Waals surface area (Å²) in [5, 5.41) is 25.5. The number of carboxylic acids is 1. The molecule has 2 aromatic heterocycles. The van der Waals surface area contributed by atoms with Gasteiger partial charge in [-0.1, -0.05) is 0 Å². The molecule has 0 aliphatic heterocycles. The maximum absolute atomic E-state index is 10.8. The number of carboxylic acid groups (broad SMARTS) is 1. The average Bonchev–Trinajstić information content (AvgIpc) is 2.93. The van der Waals surface area contributed by atoms with Gasteiger partial charge in [-0.3, -0.25) is 5.10 Å². The predicted molar refractivity (Wildman–Crippen MR) is 68.0 cm³/mol. The highest BCUT2D eigenvalue weighted by atomic mass is 32.1. The molecule has 1 aromatic carbocycles. The van der Waals surface area contributed by atoms with Gasteiger partial charge in [-0.2, -0.15) is 5.10 Å². The second-order valence-corrected chi connectivity index (χ2v) is 4.89. The van der Waals surface area contributed by atoms with Crippen LogP contribution < -0.4 is 0 Å². The van der Waals surface area contributed by atoms with Gasteiger partial charge in [-0.15, -0.1) is 11.3 Å². The maximum Gasteiger partial charge on any atom is 0.356 e. The molecule has 0 saturated heterocycles. The van der Waals surface area contributed by atoms with Crippen LogP contribution in [-0.4, -0.2) is 26.4 Å². The van der Waals surface area contributed by atoms with E-state index < -0.39 is 5.97 Å². The number of fused-ring (bicyclic) bond motifs is 1. The molecule has 90 valence electrons. The molecule has 2 heterocycles. The summed E-state index contributed by atoms with van der Waals surface area (Å²) in [6.07, 6.45) is 0. The fraction of sp³-hybridized carbons (Fsp3) is 0. The molecule has 0 fully saturated rings. The van der Waals surface area contributed by atoms with Crippen LogP contribution in [0.4, 0.5) is 0 Å². The molecule has 18 heavy (non-hydrogen) atoms. The van der Waals surface area contributed by atoms with Crippen LogP contribution in [0.5, 0.6) is 5.75 Å². The Morgan fingerprint density at radius 3 is 2.83 bits per heavy atom. The number of hydrogen-bond donors (Lipinski definition) is 3. The number of benzene rings is 1. The number of carbonyl (C=O) groups is 1. The lowest BCUT2D eigenvalue weighted by Gasteiger charge is -1.89. The number of phenolic OH excluding ortho intramolecular Hbond substituents is 1. The van der Waals surface area contributed by atoms with Crippen LogP contribution in [0, 0.1) is 0 Å². The fourth-order valence-corrected chi connectivity index (χ4v) is 2.73. The van der Waals surface area contributed by atoms with E-state index in [2.05, 4.69) is 10.2 Å². The van der Waals surface area contributed by atoms with E-state index >= 15 is 0 Å². The molecule has 5 nitrogen and oxygen atoms in total. The number of phenols is 1. The Kier molecular flexibility index (Phi) is 2.31. The quantitative estimate of drug-likeness (QED) is 0.661. The topological polar surface area (TPSA) is 86.2 Å². The Bertz CT molecular complexity index is 745. The number of thiophene rings is 1. The molecule has 0 radical (unpaired) electrons. The van der Waals surface area contributed by atoms with Crippen LogP contribution >= 0.6 is 11.3 Å². The SMILES string of the molecule is O=C(O)c1cc(-c2cc3cc(O)ccc3s2)[nH]n1. The van der Waals surface area contributed by atoms with Gasteiger partial charge in [0.25, 0.3) is 0 Å². The third kappa shape index (κ3) is 1.72. The van der Waals surface area contributed by atoms with E-state index in [4.69, 9.17) is 5.11 Å². The minimum atomic E-state index is -1.06. The van der Waals surface area contributed by atoms with Crippen molar-refractivity contribution in [1.82, 2.24) is 10.2 Å². The van der Waals surface area contributed by atoms with Gasteiger partial charge >= 0.3 is 5.97 Å². The Hall–Kier alpha value is -2.34. The van der Waals surface area contributed by atoms with E-state index in [1.54, 1.807) is 12.1 Å². The fourth-order valence-electron chi connectivity index (χ4n) is 1.72. The minimum Gasteiger partial charge on any atom is -0.508 e. The number of aromatic amines is 1. The lowest BCUT2D eigenvalue weighted by Crippen LogP contribution is -1.95. The van der Waals surface area contributed by atoms with E-state index in [1.807, 2.05) is 12.1 Å². The van der Waals surface area contributed by atoms with Crippen molar-refractivity contribution in [3.05, 3.63) is 36.0 Å². The predicted octanol–water partition coefficient (Wildman–Crippen LogP) is 2.70. The van der Waals surface area contributed by atoms with Gasteiger partial charge in [0, 0.05) is 4.70 Å². The van der Waals surface area contributed by atoms with Crippen LogP contribution in [0.15, 0.2) is 30.3 Å². The average molecular weight is 260 g/mol. The first kappa shape index (κ1) is 10.8. The molecule has 0 unspecified atom stereocenters. The standard InChI is InChI=1S/C12H8N2O3S/c15-7-1-2-10-6(3-7)4-11(18-10)8-5-9(12(16)17)14-13-8/h1-5,15H,(H,13,14)(H,16,17). The zero-order chi connectivity index (χ0) is 12.7. The van der Waals surface area contributed by atoms with Gasteiger partial charge < -0.3 is 10.2 Å². The molecule has 3 N–H and O–H groups in total. The molecule has 0 bridgehead atoms. The maximum atomic E-state index is 10.8. The summed E-state index contributed by atoms with van der Waals surface area (Å²) in [5.74, 6) is -0.848. The van der Waals surface area contributed by atoms with Crippen LogP contribution in [0.1, 0.15) is 10.5 Å². The molecule has 6 heteroatoms. The first-order chi connectivity index (χ1) is 8.63. The molecule has 3 rings (SSSR count). The lowest BCUT2D eigenvalue weighted by molar-refractivity contribution is 0.0690. The highest BCUT2D eigenvalue weighted by molar-refractivity contribution is 7.22. The summed E-state index contributed by atoms with van der Waals surface area (Å²) in [7, 11) is 0. The zero-order valence-electron chi connectivity index (χ0n) is 9.04. The molecular weight excluding hydrogens is 252 g/mol. The van der Waals surface area contributed by atoms with Crippen LogP contribution in [0.25, 0.3) is 20.7 Å². The number of rotatable bonds is 2. The minimum absolute atomic E-state index is 0.00898. The second-order valence-electron chi connectivity index (χ2n) is 3.80. The summed E-state index contributed by atoms with van der Waals surface area (Å²) in [4.78, 5) is 11.6. The Labute approximate surface area is 105 Å². The van der Waals surface area contributed by atoms with E-state index in [0.29, 0.717) is 5.69 Å². The molecule has 0 atom stereocenters. The number of nitrogens with zero attached hydrogens (tertiary/aromatic N) is 1. The molecular formula is C12H8N2O3S. The number of aromatic carboxylic acids is 1. The van der Waals surface area contributed by atoms with Crippen molar-refractivity contribution in [3.63, 3.8) is 0 Å². The third-order valence-electron chi connectivity index (χ3n) is 2.56. The van der Waals surface area contributed by atoms with E-state index in [0.717, 1.165) is 15.0 Å². The van der Waals surface area contributed by atoms with E-state index in [1.165, 1.54) is 17.4 Å². The van der Waals surface area contributed by atoms with E-state index in [-0.39, 0.29) is 11.4 Å². The van der Waals surface area contributed by atoms with Crippen LogP contribution in [-0.2, 0) is 0 Å². The summed E-state index contributed by atoms with van der Waals surface area (Å²) < 4.78 is 1.02. The summed E-state index contributed by atoms with van der Waals surface area (Å²) in [6.45, 7) is 0. The number of aromatic hydroxyl groups is 1. The summed E-state index contributed by atoms with van der Waals surface area (Å²) in [6, 6.07) is 8.50. The van der Waals surface area contributed by atoms with Gasteiger partial charge in [0.2, 0.25) is 0 Å². The van der Waals surface area contributed by atoms with Crippen molar-refractivity contribution >= 4 is 27.4 Å². The second kappa shape index (κ2) is 3.85. The highest BCUT2D eigenvalue weighted by Gasteiger charge is 2.11. The first-order valence-electron chi connectivity index (χ1n) is 5.15.